The normalized spacial score (nSPS) is 21.3. The monoisotopic (exact) mass is 409 g/mol. The first-order valence-corrected chi connectivity index (χ1v) is 8.58. The molecule has 0 saturated heterocycles. The first kappa shape index (κ1) is 22.0. The van der Waals surface area contributed by atoms with Crippen molar-refractivity contribution in [3.8, 4) is 0 Å². The molecule has 2 rings (SSSR count). The molecule has 0 aromatic rings. The maximum absolute atomic E-state index is 12.8. The molecule has 2 unspecified atom stereocenters. The van der Waals surface area contributed by atoms with Crippen molar-refractivity contribution in [2.45, 2.75) is 26.8 Å². The fraction of sp³-hybridized carbons (Fsp3) is 0.474. The summed E-state index contributed by atoms with van der Waals surface area (Å²) in [6.07, 6.45) is 0. The van der Waals surface area contributed by atoms with Crippen molar-refractivity contribution in [2.24, 2.45) is 5.92 Å². The summed E-state index contributed by atoms with van der Waals surface area (Å²) >= 11 is 0. The van der Waals surface area contributed by atoms with Gasteiger partial charge < -0.3 is 23.7 Å². The number of hydrogen-bond donors (Lipinski definition) is 0. The van der Waals surface area contributed by atoms with E-state index < -0.39 is 35.8 Å². The topological polar surface area (TPSA) is 118 Å². The lowest BCUT2D eigenvalue weighted by Gasteiger charge is -2.31. The summed E-state index contributed by atoms with van der Waals surface area (Å²) in [6.45, 7) is 4.84. The molecule has 2 atom stereocenters. The second-order valence-electron chi connectivity index (χ2n) is 6.28. The van der Waals surface area contributed by atoms with E-state index in [-0.39, 0.29) is 22.6 Å². The minimum absolute atomic E-state index is 0.101. The van der Waals surface area contributed by atoms with Crippen LogP contribution in [0.2, 0.25) is 0 Å². The number of methoxy groups -OCH3 is 4. The Morgan fingerprint density at radius 1 is 0.828 bits per heavy atom. The standard InChI is InChI=1S/C19H23NO9/c1-8-11(16(21)25-4)12(17(22)26-5)13(18(23)27-6)14(19(24)28-7)20-9(2)10(3)29-15(8)20/h13-14H,1-7H3. The van der Waals surface area contributed by atoms with Gasteiger partial charge in [-0.3, -0.25) is 9.69 Å². The van der Waals surface area contributed by atoms with Crippen molar-refractivity contribution in [1.29, 1.82) is 0 Å². The van der Waals surface area contributed by atoms with Gasteiger partial charge in [-0.05, 0) is 20.8 Å². The number of hydrogen-bond acceptors (Lipinski definition) is 10. The number of rotatable bonds is 4. The Hall–Kier alpha value is -3.30. The average Bonchev–Trinajstić information content (AvgIpc) is 2.96. The van der Waals surface area contributed by atoms with Gasteiger partial charge in [0.15, 0.2) is 6.04 Å². The summed E-state index contributed by atoms with van der Waals surface area (Å²) in [5.74, 6) is -4.67. The molecule has 158 valence electrons. The zero-order valence-corrected chi connectivity index (χ0v) is 17.3. The highest BCUT2D eigenvalue weighted by atomic mass is 16.5. The Bertz CT molecular complexity index is 865. The van der Waals surface area contributed by atoms with Crippen molar-refractivity contribution < 1.29 is 42.9 Å². The highest BCUT2D eigenvalue weighted by molar-refractivity contribution is 6.08. The van der Waals surface area contributed by atoms with E-state index in [1.54, 1.807) is 13.8 Å². The van der Waals surface area contributed by atoms with Gasteiger partial charge in [0.25, 0.3) is 0 Å². The van der Waals surface area contributed by atoms with E-state index in [1.807, 2.05) is 0 Å². The third-order valence-corrected chi connectivity index (χ3v) is 4.90. The van der Waals surface area contributed by atoms with E-state index in [4.69, 9.17) is 23.7 Å². The zero-order valence-electron chi connectivity index (χ0n) is 17.3. The van der Waals surface area contributed by atoms with E-state index in [2.05, 4.69) is 0 Å². The average molecular weight is 409 g/mol. The Labute approximate surface area is 167 Å². The lowest BCUT2D eigenvalue weighted by atomic mass is 9.86. The van der Waals surface area contributed by atoms with Gasteiger partial charge in [0.05, 0.1) is 45.3 Å². The van der Waals surface area contributed by atoms with Gasteiger partial charge in [0, 0.05) is 5.57 Å². The van der Waals surface area contributed by atoms with Crippen LogP contribution in [-0.2, 0) is 42.9 Å². The van der Waals surface area contributed by atoms with Gasteiger partial charge in [0.2, 0.25) is 5.88 Å². The van der Waals surface area contributed by atoms with Crippen LogP contribution in [0.15, 0.2) is 34.1 Å². The molecule has 0 radical (unpaired) electrons. The van der Waals surface area contributed by atoms with Crippen LogP contribution in [-0.4, -0.2) is 63.3 Å². The second-order valence-corrected chi connectivity index (χ2v) is 6.28. The molecular formula is C19H23NO9. The maximum Gasteiger partial charge on any atom is 0.338 e. The first-order valence-electron chi connectivity index (χ1n) is 8.58. The minimum atomic E-state index is -1.55. The van der Waals surface area contributed by atoms with Crippen molar-refractivity contribution in [2.75, 3.05) is 28.4 Å². The number of fused-ring (bicyclic) bond motifs is 1. The SMILES string of the molecule is COC(=O)C1=C(C(=O)OC)C(C(=O)OC)C(C(=O)OC)N2C(C)=C(C)OC2=C1C. The van der Waals surface area contributed by atoms with E-state index in [9.17, 15) is 19.2 Å². The largest absolute Gasteiger partial charge is 0.468 e. The molecule has 0 N–H and O–H groups in total. The molecule has 0 aliphatic carbocycles. The predicted octanol–water partition coefficient (Wildman–Crippen LogP) is 0.788. The molecule has 10 nitrogen and oxygen atoms in total. The van der Waals surface area contributed by atoms with Crippen molar-refractivity contribution in [3.63, 3.8) is 0 Å². The summed E-state index contributed by atoms with van der Waals surface area (Å²) in [6, 6.07) is -1.38. The van der Waals surface area contributed by atoms with Crippen LogP contribution < -0.4 is 0 Å². The van der Waals surface area contributed by atoms with Crippen molar-refractivity contribution in [3.05, 3.63) is 34.1 Å². The van der Waals surface area contributed by atoms with E-state index in [0.717, 1.165) is 28.4 Å². The molecule has 0 aromatic carbocycles. The second kappa shape index (κ2) is 8.38. The molecule has 2 aliphatic heterocycles. The Balaban J connectivity index is 3.00. The van der Waals surface area contributed by atoms with Crippen LogP contribution in [0, 0.1) is 5.92 Å². The van der Waals surface area contributed by atoms with Crippen LogP contribution in [0.4, 0.5) is 0 Å². The summed E-state index contributed by atoms with van der Waals surface area (Å²) in [7, 11) is 4.46. The van der Waals surface area contributed by atoms with Gasteiger partial charge in [0.1, 0.15) is 11.7 Å². The number of carbonyl (C=O) groups is 4. The summed E-state index contributed by atoms with van der Waals surface area (Å²) in [5.41, 5.74) is 0.0615. The Morgan fingerprint density at radius 3 is 1.86 bits per heavy atom. The van der Waals surface area contributed by atoms with Gasteiger partial charge in [-0.1, -0.05) is 0 Å². The van der Waals surface area contributed by atoms with Gasteiger partial charge in [-0.15, -0.1) is 0 Å². The van der Waals surface area contributed by atoms with Crippen LogP contribution >= 0.6 is 0 Å². The molecule has 10 heteroatoms. The number of nitrogens with zero attached hydrogens (tertiary/aromatic N) is 1. The van der Waals surface area contributed by atoms with E-state index >= 15 is 0 Å². The van der Waals surface area contributed by atoms with E-state index in [0.29, 0.717) is 11.5 Å². The minimum Gasteiger partial charge on any atom is -0.468 e. The molecule has 0 amide bonds. The van der Waals surface area contributed by atoms with Gasteiger partial charge >= 0.3 is 23.9 Å². The highest BCUT2D eigenvalue weighted by Gasteiger charge is 2.52. The number of carbonyl (C=O) groups excluding carboxylic acids is 4. The zero-order chi connectivity index (χ0) is 22.0. The number of ether oxygens (including phenoxy) is 5. The molecule has 0 aromatic heterocycles. The van der Waals surface area contributed by atoms with Crippen LogP contribution in [0.5, 0.6) is 0 Å². The smallest absolute Gasteiger partial charge is 0.338 e. The lowest BCUT2D eigenvalue weighted by molar-refractivity contribution is -0.157. The molecular weight excluding hydrogens is 386 g/mol. The van der Waals surface area contributed by atoms with Gasteiger partial charge in [-0.2, -0.15) is 0 Å². The van der Waals surface area contributed by atoms with Crippen molar-refractivity contribution >= 4 is 23.9 Å². The fourth-order valence-corrected chi connectivity index (χ4v) is 3.39. The summed E-state index contributed by atoms with van der Waals surface area (Å²) < 4.78 is 25.2. The lowest BCUT2D eigenvalue weighted by Crippen LogP contribution is -2.48. The van der Waals surface area contributed by atoms with E-state index in [1.165, 1.54) is 11.8 Å². The van der Waals surface area contributed by atoms with Crippen LogP contribution in [0.3, 0.4) is 0 Å². The predicted molar refractivity (Wildman–Crippen MR) is 96.4 cm³/mol. The van der Waals surface area contributed by atoms with Gasteiger partial charge in [-0.25, -0.2) is 14.4 Å². The molecule has 0 bridgehead atoms. The number of esters is 4. The molecule has 0 spiro atoms. The van der Waals surface area contributed by atoms with Crippen LogP contribution in [0.1, 0.15) is 20.8 Å². The van der Waals surface area contributed by atoms with Crippen molar-refractivity contribution in [1.82, 2.24) is 4.90 Å². The molecule has 2 aliphatic rings. The molecule has 29 heavy (non-hydrogen) atoms. The number of allylic oxidation sites excluding steroid dienone is 2. The first-order chi connectivity index (χ1) is 13.7. The van der Waals surface area contributed by atoms with Crippen LogP contribution in [0.25, 0.3) is 0 Å². The Morgan fingerprint density at radius 2 is 1.38 bits per heavy atom. The fourth-order valence-electron chi connectivity index (χ4n) is 3.39. The third-order valence-electron chi connectivity index (χ3n) is 4.90. The molecule has 2 heterocycles. The molecule has 0 fully saturated rings. The Kier molecular flexibility index (Phi) is 6.35. The highest BCUT2D eigenvalue weighted by Crippen LogP contribution is 2.43. The third kappa shape index (κ3) is 3.45. The quantitative estimate of drug-likeness (QED) is 0.487. The molecule has 0 saturated carbocycles. The summed E-state index contributed by atoms with van der Waals surface area (Å²) in [5, 5.41) is 0. The summed E-state index contributed by atoms with van der Waals surface area (Å²) in [4.78, 5) is 52.3. The maximum atomic E-state index is 12.8.